The molecule has 2 rings (SSSR count). The number of halogens is 1. The molecule has 7 heteroatoms. The van der Waals surface area contributed by atoms with Gasteiger partial charge in [-0.25, -0.2) is 4.39 Å². The lowest BCUT2D eigenvalue weighted by Gasteiger charge is -2.09. The quantitative estimate of drug-likeness (QED) is 0.674. The molecule has 0 bridgehead atoms. The number of hydrogen-bond acceptors (Lipinski definition) is 5. The fraction of sp³-hybridized carbons (Fsp3) is 0.167. The van der Waals surface area contributed by atoms with E-state index in [1.54, 1.807) is 0 Å². The number of nitro benzene ring substituents is 1. The molecule has 1 aromatic carbocycles. The lowest BCUT2D eigenvalue weighted by atomic mass is 10.2. The van der Waals surface area contributed by atoms with E-state index in [0.29, 0.717) is 6.54 Å². The average Bonchev–Trinajstić information content (AvgIpc) is 2.89. The maximum Gasteiger partial charge on any atom is 0.295 e. The van der Waals surface area contributed by atoms with Gasteiger partial charge in [-0.1, -0.05) is 0 Å². The maximum atomic E-state index is 13.4. The van der Waals surface area contributed by atoms with E-state index < -0.39 is 10.7 Å². The van der Waals surface area contributed by atoms with Crippen molar-refractivity contribution in [3.8, 4) is 5.75 Å². The van der Waals surface area contributed by atoms with E-state index in [2.05, 4.69) is 5.32 Å². The van der Waals surface area contributed by atoms with E-state index in [1.165, 1.54) is 24.5 Å². The Balaban J connectivity index is 2.28. The zero-order chi connectivity index (χ0) is 13.8. The molecule has 19 heavy (non-hydrogen) atoms. The van der Waals surface area contributed by atoms with Crippen molar-refractivity contribution < 1.29 is 14.1 Å². The SMILES string of the molecule is COc1cc(NCc2ccsc2)c([N+](=O)[O-])cc1F. The van der Waals surface area contributed by atoms with E-state index in [4.69, 9.17) is 4.74 Å². The number of thiophene rings is 1. The largest absolute Gasteiger partial charge is 0.494 e. The van der Waals surface area contributed by atoms with Gasteiger partial charge in [-0.05, 0) is 22.4 Å². The van der Waals surface area contributed by atoms with Gasteiger partial charge in [-0.15, -0.1) is 0 Å². The van der Waals surface area contributed by atoms with E-state index in [1.807, 2.05) is 16.8 Å². The predicted octanol–water partition coefficient (Wildman–Crippen LogP) is 3.42. The van der Waals surface area contributed by atoms with Crippen molar-refractivity contribution in [2.24, 2.45) is 0 Å². The number of anilines is 1. The first-order valence-electron chi connectivity index (χ1n) is 5.38. The van der Waals surface area contributed by atoms with Crippen LogP contribution in [0, 0.1) is 15.9 Å². The molecular formula is C12H11FN2O3S. The van der Waals surface area contributed by atoms with E-state index in [-0.39, 0.29) is 17.1 Å². The number of nitrogens with zero attached hydrogens (tertiary/aromatic N) is 1. The summed E-state index contributed by atoms with van der Waals surface area (Å²) in [6.45, 7) is 0.430. The van der Waals surface area contributed by atoms with E-state index in [9.17, 15) is 14.5 Å². The lowest BCUT2D eigenvalue weighted by Crippen LogP contribution is -2.03. The summed E-state index contributed by atoms with van der Waals surface area (Å²) < 4.78 is 18.3. The second kappa shape index (κ2) is 5.66. The van der Waals surface area contributed by atoms with Crippen molar-refractivity contribution >= 4 is 22.7 Å². The summed E-state index contributed by atoms with van der Waals surface area (Å²) in [5.74, 6) is -0.784. The van der Waals surface area contributed by atoms with Gasteiger partial charge in [0.1, 0.15) is 5.69 Å². The highest BCUT2D eigenvalue weighted by atomic mass is 32.1. The molecule has 0 radical (unpaired) electrons. The minimum Gasteiger partial charge on any atom is -0.494 e. The first-order valence-corrected chi connectivity index (χ1v) is 6.33. The van der Waals surface area contributed by atoms with Crippen LogP contribution in [0.15, 0.2) is 29.0 Å². The number of rotatable bonds is 5. The van der Waals surface area contributed by atoms with Crippen LogP contribution < -0.4 is 10.1 Å². The van der Waals surface area contributed by atoms with E-state index >= 15 is 0 Å². The molecule has 1 aromatic heterocycles. The summed E-state index contributed by atoms with van der Waals surface area (Å²) in [6, 6.07) is 4.05. The van der Waals surface area contributed by atoms with E-state index in [0.717, 1.165) is 11.6 Å². The Morgan fingerprint density at radius 2 is 2.32 bits per heavy atom. The summed E-state index contributed by atoms with van der Waals surface area (Å²) >= 11 is 1.54. The van der Waals surface area contributed by atoms with Gasteiger partial charge >= 0.3 is 0 Å². The standard InChI is InChI=1S/C12H11FN2O3S/c1-18-12-5-10(11(15(16)17)4-9(12)13)14-6-8-2-3-19-7-8/h2-5,7,14H,6H2,1H3. The minimum atomic E-state index is -0.754. The van der Waals surface area contributed by atoms with Gasteiger partial charge < -0.3 is 10.1 Å². The molecule has 0 spiro atoms. The van der Waals surface area contributed by atoms with Gasteiger partial charge in [0.05, 0.1) is 18.1 Å². The molecule has 2 aromatic rings. The number of benzene rings is 1. The van der Waals surface area contributed by atoms with Crippen molar-refractivity contribution in [1.82, 2.24) is 0 Å². The Morgan fingerprint density at radius 1 is 1.53 bits per heavy atom. The lowest BCUT2D eigenvalue weighted by molar-refractivity contribution is -0.384. The topological polar surface area (TPSA) is 64.4 Å². The van der Waals surface area contributed by atoms with Crippen LogP contribution in [-0.2, 0) is 6.54 Å². The van der Waals surface area contributed by atoms with Gasteiger partial charge in [0.15, 0.2) is 11.6 Å². The monoisotopic (exact) mass is 282 g/mol. The van der Waals surface area contributed by atoms with Crippen molar-refractivity contribution in [1.29, 1.82) is 0 Å². The second-order valence-corrected chi connectivity index (χ2v) is 4.53. The molecule has 1 heterocycles. The maximum absolute atomic E-state index is 13.4. The zero-order valence-corrected chi connectivity index (χ0v) is 10.9. The van der Waals surface area contributed by atoms with Gasteiger partial charge in [0.25, 0.3) is 5.69 Å². The fourth-order valence-corrected chi connectivity index (χ4v) is 2.25. The summed E-state index contributed by atoms with van der Waals surface area (Å²) in [7, 11) is 1.31. The summed E-state index contributed by atoms with van der Waals surface area (Å²) in [4.78, 5) is 10.3. The summed E-state index contributed by atoms with van der Waals surface area (Å²) in [5.41, 5.74) is 0.922. The molecule has 0 aliphatic carbocycles. The minimum absolute atomic E-state index is 0.0292. The van der Waals surface area contributed by atoms with Crippen molar-refractivity contribution in [3.05, 3.63) is 50.5 Å². The van der Waals surface area contributed by atoms with Crippen LogP contribution in [-0.4, -0.2) is 12.0 Å². The van der Waals surface area contributed by atoms with Gasteiger partial charge in [0, 0.05) is 12.6 Å². The Labute approximate surface area is 112 Å². The van der Waals surface area contributed by atoms with Crippen molar-refractivity contribution in [2.45, 2.75) is 6.54 Å². The highest BCUT2D eigenvalue weighted by molar-refractivity contribution is 7.07. The normalized spacial score (nSPS) is 10.2. The second-order valence-electron chi connectivity index (χ2n) is 3.75. The number of ether oxygens (including phenoxy) is 1. The molecule has 100 valence electrons. The van der Waals surface area contributed by atoms with Crippen LogP contribution in [0.2, 0.25) is 0 Å². The predicted molar refractivity (Wildman–Crippen MR) is 71.3 cm³/mol. The Bertz CT molecular complexity index is 587. The first kappa shape index (κ1) is 13.3. The van der Waals surface area contributed by atoms with Crippen LogP contribution in [0.1, 0.15) is 5.56 Å². The highest BCUT2D eigenvalue weighted by Crippen LogP contribution is 2.32. The molecule has 0 saturated carbocycles. The molecule has 0 aliphatic rings. The average molecular weight is 282 g/mol. The Hall–Kier alpha value is -2.15. The highest BCUT2D eigenvalue weighted by Gasteiger charge is 2.18. The van der Waals surface area contributed by atoms with Crippen LogP contribution in [0.4, 0.5) is 15.8 Å². The number of methoxy groups -OCH3 is 1. The van der Waals surface area contributed by atoms with Gasteiger partial charge in [-0.2, -0.15) is 11.3 Å². The Morgan fingerprint density at radius 3 is 2.89 bits per heavy atom. The smallest absolute Gasteiger partial charge is 0.295 e. The molecule has 0 fully saturated rings. The Kier molecular flexibility index (Phi) is 3.96. The molecule has 5 nitrogen and oxygen atoms in total. The molecule has 0 unspecified atom stereocenters. The van der Waals surface area contributed by atoms with Crippen molar-refractivity contribution in [2.75, 3.05) is 12.4 Å². The van der Waals surface area contributed by atoms with Crippen molar-refractivity contribution in [3.63, 3.8) is 0 Å². The third-order valence-electron chi connectivity index (χ3n) is 2.53. The molecule has 0 amide bonds. The van der Waals surface area contributed by atoms with Crippen LogP contribution >= 0.6 is 11.3 Å². The third-order valence-corrected chi connectivity index (χ3v) is 3.26. The number of nitro groups is 1. The van der Waals surface area contributed by atoms with Crippen LogP contribution in [0.25, 0.3) is 0 Å². The fourth-order valence-electron chi connectivity index (χ4n) is 1.58. The summed E-state index contributed by atoms with van der Waals surface area (Å²) in [6.07, 6.45) is 0. The molecule has 1 N–H and O–H groups in total. The number of hydrogen-bond donors (Lipinski definition) is 1. The molecule has 0 atom stereocenters. The van der Waals surface area contributed by atoms with Crippen LogP contribution in [0.5, 0.6) is 5.75 Å². The molecule has 0 saturated heterocycles. The molecular weight excluding hydrogens is 271 g/mol. The van der Waals surface area contributed by atoms with Gasteiger partial charge in [-0.3, -0.25) is 10.1 Å². The molecule has 0 aliphatic heterocycles. The third kappa shape index (κ3) is 3.00. The van der Waals surface area contributed by atoms with Crippen LogP contribution in [0.3, 0.4) is 0 Å². The van der Waals surface area contributed by atoms with Gasteiger partial charge in [0.2, 0.25) is 0 Å². The summed E-state index contributed by atoms with van der Waals surface area (Å²) in [5, 5.41) is 17.7. The first-order chi connectivity index (χ1) is 9.11. The zero-order valence-electron chi connectivity index (χ0n) is 10.1. The number of nitrogens with one attached hydrogen (secondary N) is 1.